The molecule has 1 saturated heterocycles. The monoisotopic (exact) mass is 346 g/mol. The van der Waals surface area contributed by atoms with Crippen LogP contribution >= 0.6 is 0 Å². The zero-order chi connectivity index (χ0) is 17.2. The molecule has 1 aliphatic heterocycles. The molecule has 0 bridgehead atoms. The summed E-state index contributed by atoms with van der Waals surface area (Å²) < 4.78 is 24.7. The Kier molecular flexibility index (Phi) is 4.59. The van der Waals surface area contributed by atoms with Gasteiger partial charge in [0.2, 0.25) is 15.9 Å². The van der Waals surface area contributed by atoms with Crippen LogP contribution in [-0.2, 0) is 14.8 Å². The number of benzene rings is 1. The third-order valence-corrected chi connectivity index (χ3v) is 5.17. The first kappa shape index (κ1) is 16.5. The summed E-state index contributed by atoms with van der Waals surface area (Å²) in [5.74, 6) is 0.209. The Balaban J connectivity index is 1.71. The van der Waals surface area contributed by atoms with Gasteiger partial charge in [-0.15, -0.1) is 0 Å². The van der Waals surface area contributed by atoms with Crippen LogP contribution in [0.4, 0.5) is 5.69 Å². The molecule has 1 fully saturated rings. The number of nitrogens with one attached hydrogen (secondary N) is 1. The van der Waals surface area contributed by atoms with Crippen molar-refractivity contribution in [2.24, 2.45) is 0 Å². The van der Waals surface area contributed by atoms with Crippen LogP contribution in [0.15, 0.2) is 42.7 Å². The van der Waals surface area contributed by atoms with Crippen LogP contribution in [0.3, 0.4) is 0 Å². The molecule has 8 heteroatoms. The number of rotatable bonds is 4. The first-order valence-electron chi connectivity index (χ1n) is 7.60. The maximum Gasteiger partial charge on any atom is 0.242 e. The summed E-state index contributed by atoms with van der Waals surface area (Å²) in [4.78, 5) is 20.8. The van der Waals surface area contributed by atoms with E-state index in [-0.39, 0.29) is 5.91 Å². The Morgan fingerprint density at radius 1 is 1.21 bits per heavy atom. The van der Waals surface area contributed by atoms with Crippen molar-refractivity contribution in [1.29, 1.82) is 0 Å². The highest BCUT2D eigenvalue weighted by Gasteiger charge is 2.36. The van der Waals surface area contributed by atoms with Gasteiger partial charge in [-0.05, 0) is 12.8 Å². The molecule has 1 amide bonds. The van der Waals surface area contributed by atoms with Gasteiger partial charge in [-0.2, -0.15) is 4.31 Å². The van der Waals surface area contributed by atoms with Gasteiger partial charge in [0, 0.05) is 12.1 Å². The number of carbonyl (C=O) groups excluding carboxylic acids is 1. The van der Waals surface area contributed by atoms with Crippen LogP contribution in [0.1, 0.15) is 12.8 Å². The highest BCUT2D eigenvalue weighted by Crippen LogP contribution is 2.22. The smallest absolute Gasteiger partial charge is 0.242 e. The van der Waals surface area contributed by atoms with E-state index in [0.29, 0.717) is 30.9 Å². The van der Waals surface area contributed by atoms with E-state index in [1.165, 1.54) is 16.7 Å². The normalized spacial score (nSPS) is 18.5. The maximum absolute atomic E-state index is 12.4. The second-order valence-electron chi connectivity index (χ2n) is 5.68. The first-order chi connectivity index (χ1) is 11.4. The van der Waals surface area contributed by atoms with Crippen LogP contribution in [0.25, 0.3) is 11.4 Å². The lowest BCUT2D eigenvalue weighted by molar-refractivity contribution is -0.119. The zero-order valence-corrected chi connectivity index (χ0v) is 14.0. The fourth-order valence-electron chi connectivity index (χ4n) is 2.75. The third-order valence-electron chi connectivity index (χ3n) is 3.88. The van der Waals surface area contributed by atoms with Gasteiger partial charge in [-0.1, -0.05) is 30.3 Å². The Bertz CT molecular complexity index is 822. The molecule has 0 unspecified atom stereocenters. The molecule has 1 N–H and O–H groups in total. The molecule has 24 heavy (non-hydrogen) atoms. The number of amides is 1. The van der Waals surface area contributed by atoms with E-state index in [1.54, 1.807) is 0 Å². The number of hydrogen-bond donors (Lipinski definition) is 1. The van der Waals surface area contributed by atoms with Gasteiger partial charge in [0.15, 0.2) is 5.82 Å². The van der Waals surface area contributed by atoms with E-state index in [4.69, 9.17) is 0 Å². The van der Waals surface area contributed by atoms with Crippen LogP contribution in [0.5, 0.6) is 0 Å². The van der Waals surface area contributed by atoms with E-state index in [9.17, 15) is 13.2 Å². The van der Waals surface area contributed by atoms with Crippen molar-refractivity contribution in [3.05, 3.63) is 42.7 Å². The highest BCUT2D eigenvalue weighted by molar-refractivity contribution is 7.88. The SMILES string of the molecule is CS(=O)(=O)N1CCC[C@@H]1C(=O)Nc1cnc(-c2ccccc2)nc1. The molecular formula is C16H18N4O3S. The quantitative estimate of drug-likeness (QED) is 0.906. The number of nitrogens with zero attached hydrogens (tertiary/aromatic N) is 3. The number of hydrogen-bond acceptors (Lipinski definition) is 5. The van der Waals surface area contributed by atoms with Gasteiger partial charge in [-0.3, -0.25) is 4.79 Å². The summed E-state index contributed by atoms with van der Waals surface area (Å²) >= 11 is 0. The largest absolute Gasteiger partial charge is 0.322 e. The van der Waals surface area contributed by atoms with Gasteiger partial charge in [0.1, 0.15) is 6.04 Å². The minimum Gasteiger partial charge on any atom is -0.322 e. The van der Waals surface area contributed by atoms with E-state index < -0.39 is 16.1 Å². The first-order valence-corrected chi connectivity index (χ1v) is 9.45. The number of carbonyl (C=O) groups is 1. The summed E-state index contributed by atoms with van der Waals surface area (Å²) in [7, 11) is -3.39. The predicted octanol–water partition coefficient (Wildman–Crippen LogP) is 1.51. The van der Waals surface area contributed by atoms with Gasteiger partial charge in [0.05, 0.1) is 24.3 Å². The van der Waals surface area contributed by atoms with Gasteiger partial charge in [0.25, 0.3) is 0 Å². The molecule has 1 aliphatic rings. The molecule has 0 saturated carbocycles. The zero-order valence-electron chi connectivity index (χ0n) is 13.2. The summed E-state index contributed by atoms with van der Waals surface area (Å²) in [6, 6.07) is 8.83. The van der Waals surface area contributed by atoms with Gasteiger partial charge < -0.3 is 5.32 Å². The van der Waals surface area contributed by atoms with Crippen molar-refractivity contribution in [3.8, 4) is 11.4 Å². The van der Waals surface area contributed by atoms with Crippen molar-refractivity contribution < 1.29 is 13.2 Å². The number of sulfonamides is 1. The Labute approximate surface area is 140 Å². The van der Waals surface area contributed by atoms with E-state index in [2.05, 4.69) is 15.3 Å². The summed E-state index contributed by atoms with van der Waals surface area (Å²) in [6.07, 6.45) is 5.35. The lowest BCUT2D eigenvalue weighted by Crippen LogP contribution is -2.42. The minimum absolute atomic E-state index is 0.353. The van der Waals surface area contributed by atoms with Crippen molar-refractivity contribution in [2.75, 3.05) is 18.1 Å². The average molecular weight is 346 g/mol. The lowest BCUT2D eigenvalue weighted by atomic mass is 10.2. The minimum atomic E-state index is -3.39. The van der Waals surface area contributed by atoms with Crippen LogP contribution in [0.2, 0.25) is 0 Å². The lowest BCUT2D eigenvalue weighted by Gasteiger charge is -2.21. The van der Waals surface area contributed by atoms with Crippen molar-refractivity contribution in [3.63, 3.8) is 0 Å². The number of aromatic nitrogens is 2. The molecule has 2 heterocycles. The maximum atomic E-state index is 12.4. The van der Waals surface area contributed by atoms with Crippen molar-refractivity contribution >= 4 is 21.6 Å². The van der Waals surface area contributed by atoms with E-state index >= 15 is 0 Å². The van der Waals surface area contributed by atoms with Crippen LogP contribution in [-0.4, -0.2) is 47.4 Å². The second-order valence-corrected chi connectivity index (χ2v) is 7.62. The average Bonchev–Trinajstić information content (AvgIpc) is 3.06. The molecule has 0 radical (unpaired) electrons. The molecule has 126 valence electrons. The topological polar surface area (TPSA) is 92.3 Å². The molecule has 0 spiro atoms. The summed E-state index contributed by atoms with van der Waals surface area (Å²) in [6.45, 7) is 0.375. The molecule has 1 atom stereocenters. The Morgan fingerprint density at radius 3 is 2.50 bits per heavy atom. The fourth-order valence-corrected chi connectivity index (χ4v) is 3.88. The van der Waals surface area contributed by atoms with Crippen LogP contribution < -0.4 is 5.32 Å². The summed E-state index contributed by atoms with van der Waals surface area (Å²) in [5.41, 5.74) is 1.33. The Hall–Kier alpha value is -2.32. The predicted molar refractivity (Wildman–Crippen MR) is 90.7 cm³/mol. The molecule has 2 aromatic rings. The van der Waals surface area contributed by atoms with Crippen molar-refractivity contribution in [2.45, 2.75) is 18.9 Å². The fraction of sp³-hybridized carbons (Fsp3) is 0.312. The van der Waals surface area contributed by atoms with Crippen molar-refractivity contribution in [1.82, 2.24) is 14.3 Å². The van der Waals surface area contributed by atoms with E-state index in [0.717, 1.165) is 11.8 Å². The molecular weight excluding hydrogens is 328 g/mol. The third kappa shape index (κ3) is 3.60. The molecule has 3 rings (SSSR count). The molecule has 1 aromatic heterocycles. The van der Waals surface area contributed by atoms with Crippen LogP contribution in [0, 0.1) is 0 Å². The molecule has 1 aromatic carbocycles. The second kappa shape index (κ2) is 6.66. The standard InChI is InChI=1S/C16H18N4O3S/c1-24(22,23)20-9-5-8-14(20)16(21)19-13-10-17-15(18-11-13)12-6-3-2-4-7-12/h2-4,6-7,10-11,14H,5,8-9H2,1H3,(H,19,21)/t14-/m1/s1. The summed E-state index contributed by atoms with van der Waals surface area (Å²) in [5, 5.41) is 2.69. The van der Waals surface area contributed by atoms with E-state index in [1.807, 2.05) is 30.3 Å². The van der Waals surface area contributed by atoms with Gasteiger partial charge in [-0.25, -0.2) is 18.4 Å². The molecule has 7 nitrogen and oxygen atoms in total. The van der Waals surface area contributed by atoms with Gasteiger partial charge >= 0.3 is 0 Å². The highest BCUT2D eigenvalue weighted by atomic mass is 32.2. The molecule has 0 aliphatic carbocycles. The Morgan fingerprint density at radius 2 is 1.88 bits per heavy atom. The number of anilines is 1.